The zero-order valence-electron chi connectivity index (χ0n) is 10.1. The molecule has 0 bridgehead atoms. The van der Waals surface area contributed by atoms with Crippen molar-refractivity contribution in [3.63, 3.8) is 0 Å². The van der Waals surface area contributed by atoms with Gasteiger partial charge in [0.25, 0.3) is 0 Å². The number of rotatable bonds is 6. The molecule has 2 unspecified atom stereocenters. The minimum atomic E-state index is 0.881. The van der Waals surface area contributed by atoms with Crippen LogP contribution in [0.5, 0.6) is 0 Å². The minimum absolute atomic E-state index is 0.881. The molecule has 0 aliphatic heterocycles. The van der Waals surface area contributed by atoms with E-state index < -0.39 is 0 Å². The van der Waals surface area contributed by atoms with Crippen LogP contribution in [0.1, 0.15) is 60.3 Å². The molecule has 0 radical (unpaired) electrons. The molecule has 13 heavy (non-hydrogen) atoms. The molecule has 0 aromatic rings. The molecular weight excluding hydrogens is 156 g/mol. The van der Waals surface area contributed by atoms with Gasteiger partial charge in [-0.05, 0) is 38.0 Å². The SMILES string of the molecule is CC=C(CC)CCC(C)C(C)CC. The van der Waals surface area contributed by atoms with Crippen LogP contribution in [0, 0.1) is 11.8 Å². The number of hydrogen-bond acceptors (Lipinski definition) is 0. The third-order valence-corrected chi connectivity index (χ3v) is 3.40. The molecule has 0 aliphatic carbocycles. The maximum Gasteiger partial charge on any atom is -0.0318 e. The molecule has 0 heterocycles. The number of hydrogen-bond donors (Lipinski definition) is 0. The van der Waals surface area contributed by atoms with Crippen LogP contribution in [0.2, 0.25) is 0 Å². The van der Waals surface area contributed by atoms with Crippen molar-refractivity contribution < 1.29 is 0 Å². The van der Waals surface area contributed by atoms with E-state index in [1.165, 1.54) is 25.7 Å². The Morgan fingerprint density at radius 1 is 1.15 bits per heavy atom. The van der Waals surface area contributed by atoms with Gasteiger partial charge in [0.1, 0.15) is 0 Å². The van der Waals surface area contributed by atoms with E-state index in [-0.39, 0.29) is 0 Å². The molecule has 0 saturated heterocycles. The second-order valence-electron chi connectivity index (χ2n) is 4.20. The van der Waals surface area contributed by atoms with Crippen molar-refractivity contribution in [2.45, 2.75) is 60.3 Å². The zero-order chi connectivity index (χ0) is 10.3. The fourth-order valence-electron chi connectivity index (χ4n) is 1.63. The van der Waals surface area contributed by atoms with E-state index in [9.17, 15) is 0 Å². The van der Waals surface area contributed by atoms with E-state index in [0.29, 0.717) is 0 Å². The smallest absolute Gasteiger partial charge is 0.0318 e. The van der Waals surface area contributed by atoms with Gasteiger partial charge in [-0.25, -0.2) is 0 Å². The first-order valence-corrected chi connectivity index (χ1v) is 5.79. The Balaban J connectivity index is 3.74. The summed E-state index contributed by atoms with van der Waals surface area (Å²) in [5.41, 5.74) is 1.62. The van der Waals surface area contributed by atoms with Crippen molar-refractivity contribution in [1.29, 1.82) is 0 Å². The van der Waals surface area contributed by atoms with Crippen LogP contribution in [-0.4, -0.2) is 0 Å². The molecule has 0 saturated carbocycles. The summed E-state index contributed by atoms with van der Waals surface area (Å²) in [5, 5.41) is 0. The lowest BCUT2D eigenvalue weighted by molar-refractivity contribution is 0.354. The van der Waals surface area contributed by atoms with Gasteiger partial charge >= 0.3 is 0 Å². The second kappa shape index (κ2) is 7.17. The van der Waals surface area contributed by atoms with E-state index in [1.807, 2.05) is 0 Å². The number of allylic oxidation sites excluding steroid dienone is 2. The van der Waals surface area contributed by atoms with Gasteiger partial charge in [0.15, 0.2) is 0 Å². The normalized spacial score (nSPS) is 17.2. The highest BCUT2D eigenvalue weighted by atomic mass is 14.2. The Kier molecular flexibility index (Phi) is 7.03. The Morgan fingerprint density at radius 2 is 1.77 bits per heavy atom. The predicted molar refractivity (Wildman–Crippen MR) is 61.9 cm³/mol. The zero-order valence-corrected chi connectivity index (χ0v) is 10.1. The third-order valence-electron chi connectivity index (χ3n) is 3.40. The lowest BCUT2D eigenvalue weighted by atomic mass is 9.88. The van der Waals surface area contributed by atoms with Gasteiger partial charge in [-0.1, -0.05) is 45.8 Å². The highest BCUT2D eigenvalue weighted by molar-refractivity contribution is 4.99. The lowest BCUT2D eigenvalue weighted by Crippen LogP contribution is -2.06. The van der Waals surface area contributed by atoms with Gasteiger partial charge in [0.2, 0.25) is 0 Å². The quantitative estimate of drug-likeness (QED) is 0.517. The van der Waals surface area contributed by atoms with Crippen LogP contribution in [-0.2, 0) is 0 Å². The molecule has 0 aromatic heterocycles. The van der Waals surface area contributed by atoms with Crippen molar-refractivity contribution in [1.82, 2.24) is 0 Å². The van der Waals surface area contributed by atoms with Crippen LogP contribution in [0.15, 0.2) is 11.6 Å². The average molecular weight is 182 g/mol. The lowest BCUT2D eigenvalue weighted by Gasteiger charge is -2.18. The fraction of sp³-hybridized carbons (Fsp3) is 0.846. The molecule has 0 spiro atoms. The molecule has 0 amide bonds. The molecule has 78 valence electrons. The van der Waals surface area contributed by atoms with Gasteiger partial charge in [-0.3, -0.25) is 0 Å². The molecule has 0 fully saturated rings. The molecule has 0 aliphatic rings. The predicted octanol–water partition coefficient (Wildman–Crippen LogP) is 4.81. The molecule has 0 nitrogen and oxygen atoms in total. The summed E-state index contributed by atoms with van der Waals surface area (Å²) in [5.74, 6) is 1.77. The van der Waals surface area contributed by atoms with Crippen LogP contribution in [0.25, 0.3) is 0 Å². The Bertz CT molecular complexity index is 144. The highest BCUT2D eigenvalue weighted by Gasteiger charge is 2.09. The topological polar surface area (TPSA) is 0 Å². The monoisotopic (exact) mass is 182 g/mol. The maximum absolute atomic E-state index is 2.39. The summed E-state index contributed by atoms with van der Waals surface area (Å²) in [4.78, 5) is 0. The van der Waals surface area contributed by atoms with Gasteiger partial charge in [-0.2, -0.15) is 0 Å². The summed E-state index contributed by atoms with van der Waals surface area (Å²) in [6.45, 7) is 11.5. The van der Waals surface area contributed by atoms with E-state index in [4.69, 9.17) is 0 Å². The van der Waals surface area contributed by atoms with E-state index in [1.54, 1.807) is 5.57 Å². The first-order valence-electron chi connectivity index (χ1n) is 5.79. The molecule has 0 rings (SSSR count). The van der Waals surface area contributed by atoms with E-state index in [2.05, 4.69) is 40.7 Å². The Hall–Kier alpha value is -0.260. The van der Waals surface area contributed by atoms with Crippen molar-refractivity contribution >= 4 is 0 Å². The first kappa shape index (κ1) is 12.7. The van der Waals surface area contributed by atoms with Gasteiger partial charge in [-0.15, -0.1) is 0 Å². The molecule has 2 atom stereocenters. The molecular formula is C13H26. The average Bonchev–Trinajstić information content (AvgIpc) is 2.17. The summed E-state index contributed by atoms with van der Waals surface area (Å²) in [7, 11) is 0. The van der Waals surface area contributed by atoms with Crippen LogP contribution in [0.4, 0.5) is 0 Å². The molecule has 0 heteroatoms. The largest absolute Gasteiger partial charge is 0.0885 e. The third kappa shape index (κ3) is 5.13. The van der Waals surface area contributed by atoms with Gasteiger partial charge in [0.05, 0.1) is 0 Å². The summed E-state index contributed by atoms with van der Waals surface area (Å²) < 4.78 is 0. The van der Waals surface area contributed by atoms with Crippen molar-refractivity contribution in [2.75, 3.05) is 0 Å². The Labute approximate surface area is 84.4 Å². The van der Waals surface area contributed by atoms with Crippen LogP contribution in [0.3, 0.4) is 0 Å². The Morgan fingerprint density at radius 3 is 2.15 bits per heavy atom. The van der Waals surface area contributed by atoms with Gasteiger partial charge in [0, 0.05) is 0 Å². The second-order valence-corrected chi connectivity index (χ2v) is 4.20. The van der Waals surface area contributed by atoms with Crippen molar-refractivity contribution in [3.8, 4) is 0 Å². The van der Waals surface area contributed by atoms with E-state index in [0.717, 1.165) is 11.8 Å². The minimum Gasteiger partial charge on any atom is -0.0885 e. The standard InChI is InChI=1S/C13H26/c1-6-11(4)12(5)9-10-13(7-2)8-3/h7,11-12H,6,8-10H2,1-5H3. The highest BCUT2D eigenvalue weighted by Crippen LogP contribution is 2.22. The fourth-order valence-corrected chi connectivity index (χ4v) is 1.63. The van der Waals surface area contributed by atoms with Crippen LogP contribution >= 0.6 is 0 Å². The summed E-state index contributed by atoms with van der Waals surface area (Å²) in [6, 6.07) is 0. The van der Waals surface area contributed by atoms with Gasteiger partial charge < -0.3 is 0 Å². The molecule has 0 aromatic carbocycles. The van der Waals surface area contributed by atoms with Crippen molar-refractivity contribution in [3.05, 3.63) is 11.6 Å². The van der Waals surface area contributed by atoms with Crippen LogP contribution < -0.4 is 0 Å². The molecule has 0 N–H and O–H groups in total. The maximum atomic E-state index is 2.39. The van der Waals surface area contributed by atoms with E-state index >= 15 is 0 Å². The summed E-state index contributed by atoms with van der Waals surface area (Å²) in [6.07, 6.45) is 7.49. The van der Waals surface area contributed by atoms with Crippen molar-refractivity contribution in [2.24, 2.45) is 11.8 Å². The summed E-state index contributed by atoms with van der Waals surface area (Å²) >= 11 is 0. The first-order chi connectivity index (χ1) is 6.15.